The Balaban J connectivity index is 1.06. The van der Waals surface area contributed by atoms with E-state index in [-0.39, 0.29) is 85.3 Å². The Kier molecular flexibility index (Phi) is 18.3. The van der Waals surface area contributed by atoms with Gasteiger partial charge in [0.15, 0.2) is 5.78 Å². The SMILES string of the molecule is CN[C@@H](C)C(=O)N[C@H](C(=O)N1C[C@@H](CC(=O)c2ccc(C(=O)N[C@H]3C[C@@H](C(=O)N[C@@H]4CCCc5ccccc54)N(C(=O)[C@@H](NC(=O)[C@H](C)NC)C(C)(C)C)C3)cc2)C[C@H]1C(=O)N[C@H]1CCCc2ccccc21)C(C)(C)C. The molecule has 2 saturated heterocycles. The molecule has 76 heavy (non-hydrogen) atoms. The van der Waals surface area contributed by atoms with Crippen LogP contribution in [0.5, 0.6) is 0 Å². The number of likely N-dealkylation sites (tertiary alicyclic amines) is 2. The molecule has 410 valence electrons. The lowest BCUT2D eigenvalue weighted by atomic mass is 9.85. The number of likely N-dealkylation sites (N-methyl/N-ethyl adjacent to an activating group) is 2. The molecule has 2 heterocycles. The minimum absolute atomic E-state index is 0.0241. The van der Waals surface area contributed by atoms with E-state index in [1.807, 2.05) is 77.9 Å². The molecule has 0 unspecified atom stereocenters. The van der Waals surface area contributed by atoms with Crippen LogP contribution in [-0.2, 0) is 41.6 Å². The number of ketones is 1. The van der Waals surface area contributed by atoms with Crippen LogP contribution in [0.1, 0.15) is 155 Å². The summed E-state index contributed by atoms with van der Waals surface area (Å²) in [7, 11) is 3.32. The largest absolute Gasteiger partial charge is 0.347 e. The van der Waals surface area contributed by atoms with Crippen molar-refractivity contribution in [2.24, 2.45) is 16.7 Å². The van der Waals surface area contributed by atoms with E-state index in [0.717, 1.165) is 49.7 Å². The smallest absolute Gasteiger partial charge is 0.251 e. The molecule has 10 atom stereocenters. The molecule has 17 heteroatoms. The number of nitrogens with zero attached hydrogens (tertiary/aromatic N) is 2. The molecular weight excluding hydrogens is 963 g/mol. The highest BCUT2D eigenvalue weighted by Gasteiger charge is 2.48. The summed E-state index contributed by atoms with van der Waals surface area (Å²) in [6.45, 7) is 14.7. The summed E-state index contributed by atoms with van der Waals surface area (Å²) in [4.78, 5) is 116. The molecular formula is C59H81N9O8. The van der Waals surface area contributed by atoms with Crippen LogP contribution in [0.3, 0.4) is 0 Å². The molecule has 0 bridgehead atoms. The summed E-state index contributed by atoms with van der Waals surface area (Å²) in [5.41, 5.74) is 3.64. The summed E-state index contributed by atoms with van der Waals surface area (Å²) in [5.74, 6) is -3.23. The molecule has 0 spiro atoms. The molecule has 3 aromatic rings. The van der Waals surface area contributed by atoms with Crippen LogP contribution in [0.2, 0.25) is 0 Å². The third-order valence-electron chi connectivity index (χ3n) is 16.0. The first-order valence-corrected chi connectivity index (χ1v) is 27.3. The van der Waals surface area contributed by atoms with Gasteiger partial charge in [-0.05, 0) is 130 Å². The summed E-state index contributed by atoms with van der Waals surface area (Å²) < 4.78 is 0. The van der Waals surface area contributed by atoms with Gasteiger partial charge >= 0.3 is 0 Å². The number of nitrogens with one attached hydrogen (secondary N) is 7. The van der Waals surface area contributed by atoms with E-state index >= 15 is 0 Å². The number of hydrogen-bond donors (Lipinski definition) is 7. The third-order valence-corrected chi connectivity index (χ3v) is 16.0. The van der Waals surface area contributed by atoms with Crippen molar-refractivity contribution in [2.75, 3.05) is 27.2 Å². The van der Waals surface area contributed by atoms with Crippen molar-refractivity contribution < 1.29 is 38.4 Å². The molecule has 0 saturated carbocycles. The van der Waals surface area contributed by atoms with Gasteiger partial charge in [-0.25, -0.2) is 0 Å². The first-order valence-electron chi connectivity index (χ1n) is 27.3. The Bertz CT molecular complexity index is 2460. The summed E-state index contributed by atoms with van der Waals surface area (Å²) in [6.07, 6.45) is 5.53. The fourth-order valence-corrected chi connectivity index (χ4v) is 11.2. The standard InChI is InChI=1S/C59H81N9O8/c1-34(60-9)51(70)65-49(58(3,4)5)56(75)67-32-36(29-46(67)54(73)63-44-23-15-19-37-17-11-13-21-42(37)44)30-48(69)39-25-27-40(28-26-39)53(72)62-41-31-47(55(74)64-45-24-16-20-38-18-12-14-22-43(38)45)68(33-41)57(76)50(59(6,7)8)66-52(71)35(2)61-10/h11-14,17-18,21-22,25-28,34-36,41,44-47,49-50,60-61H,15-16,19-20,23-24,29-33H2,1-10H3,(H,62,72)(H,63,73)(H,64,74)(H,65,70)(H,66,71)/t34-,35-,36+,41-,44-,45+,46-,47-,49+,50+/m0/s1. The zero-order valence-electron chi connectivity index (χ0n) is 46.1. The number of carbonyl (C=O) groups excluding carboxylic acids is 8. The summed E-state index contributed by atoms with van der Waals surface area (Å²) >= 11 is 0. The van der Waals surface area contributed by atoms with Crippen molar-refractivity contribution in [1.82, 2.24) is 47.0 Å². The second kappa shape index (κ2) is 24.3. The Morgan fingerprint density at radius 2 is 1.00 bits per heavy atom. The van der Waals surface area contributed by atoms with Gasteiger partial charge in [-0.15, -0.1) is 0 Å². The van der Waals surface area contributed by atoms with Crippen LogP contribution in [-0.4, -0.2) is 126 Å². The predicted octanol–water partition coefficient (Wildman–Crippen LogP) is 4.84. The van der Waals surface area contributed by atoms with E-state index in [0.29, 0.717) is 5.56 Å². The van der Waals surface area contributed by atoms with Crippen molar-refractivity contribution in [3.63, 3.8) is 0 Å². The van der Waals surface area contributed by atoms with Crippen LogP contribution < -0.4 is 37.2 Å². The van der Waals surface area contributed by atoms with E-state index in [2.05, 4.69) is 49.4 Å². The molecule has 7 amide bonds. The number of benzene rings is 3. The van der Waals surface area contributed by atoms with Crippen LogP contribution in [0.25, 0.3) is 0 Å². The third kappa shape index (κ3) is 13.4. The van der Waals surface area contributed by atoms with Gasteiger partial charge in [0.2, 0.25) is 35.4 Å². The summed E-state index contributed by atoms with van der Waals surface area (Å²) in [5, 5.41) is 21.2. The Morgan fingerprint density at radius 1 is 0.566 bits per heavy atom. The topological polar surface area (TPSA) is 227 Å². The number of hydrogen-bond acceptors (Lipinski definition) is 10. The van der Waals surface area contributed by atoms with Crippen LogP contribution in [0, 0.1) is 16.7 Å². The maximum Gasteiger partial charge on any atom is 0.251 e. The second-order valence-corrected chi connectivity index (χ2v) is 23.7. The van der Waals surface area contributed by atoms with E-state index in [1.54, 1.807) is 57.1 Å². The molecule has 4 aliphatic rings. The van der Waals surface area contributed by atoms with Gasteiger partial charge in [0, 0.05) is 36.7 Å². The fourth-order valence-electron chi connectivity index (χ4n) is 11.2. The van der Waals surface area contributed by atoms with Gasteiger partial charge in [0.1, 0.15) is 24.2 Å². The maximum atomic E-state index is 14.7. The quantitative estimate of drug-likeness (QED) is 0.0911. The minimum Gasteiger partial charge on any atom is -0.347 e. The molecule has 7 N–H and O–H groups in total. The average Bonchev–Trinajstić information content (AvgIpc) is 4.03. The number of aryl methyl sites for hydroxylation is 2. The molecule has 7 rings (SSSR count). The molecule has 2 aliphatic heterocycles. The second-order valence-electron chi connectivity index (χ2n) is 23.7. The van der Waals surface area contributed by atoms with E-state index < -0.39 is 70.8 Å². The highest BCUT2D eigenvalue weighted by molar-refractivity contribution is 6.00. The van der Waals surface area contributed by atoms with E-state index in [9.17, 15) is 38.4 Å². The molecule has 0 radical (unpaired) electrons. The zero-order valence-corrected chi connectivity index (χ0v) is 46.1. The van der Waals surface area contributed by atoms with Crippen LogP contribution in [0.4, 0.5) is 0 Å². The van der Waals surface area contributed by atoms with Crippen molar-refractivity contribution in [3.05, 3.63) is 106 Å². The number of Topliss-reactive ketones (excluding diaryl/α,β-unsaturated/α-hetero) is 1. The number of fused-ring (bicyclic) bond motifs is 2. The molecule has 2 aliphatic carbocycles. The lowest BCUT2D eigenvalue weighted by molar-refractivity contribution is -0.144. The average molecular weight is 1040 g/mol. The van der Waals surface area contributed by atoms with Crippen LogP contribution >= 0.6 is 0 Å². The van der Waals surface area contributed by atoms with Crippen molar-refractivity contribution in [1.29, 1.82) is 0 Å². The van der Waals surface area contributed by atoms with Crippen molar-refractivity contribution in [3.8, 4) is 0 Å². The lowest BCUT2D eigenvalue weighted by Crippen LogP contribution is -2.59. The van der Waals surface area contributed by atoms with E-state index in [1.165, 1.54) is 16.0 Å². The van der Waals surface area contributed by atoms with Gasteiger partial charge < -0.3 is 47.0 Å². The lowest BCUT2D eigenvalue weighted by Gasteiger charge is -2.36. The number of carbonyl (C=O) groups is 8. The highest BCUT2D eigenvalue weighted by atomic mass is 16.2. The molecule has 3 aromatic carbocycles. The minimum atomic E-state index is -0.975. The zero-order chi connectivity index (χ0) is 55.2. The molecule has 17 nitrogen and oxygen atoms in total. The van der Waals surface area contributed by atoms with Gasteiger partial charge in [-0.3, -0.25) is 38.4 Å². The van der Waals surface area contributed by atoms with E-state index in [4.69, 9.17) is 0 Å². The van der Waals surface area contributed by atoms with Gasteiger partial charge in [0.25, 0.3) is 5.91 Å². The number of amides is 7. The van der Waals surface area contributed by atoms with Crippen molar-refractivity contribution >= 4 is 47.1 Å². The maximum absolute atomic E-state index is 14.7. The number of rotatable bonds is 17. The first-order chi connectivity index (χ1) is 36.0. The first kappa shape index (κ1) is 57.2. The Morgan fingerprint density at radius 3 is 1.46 bits per heavy atom. The van der Waals surface area contributed by atoms with Crippen LogP contribution in [0.15, 0.2) is 72.8 Å². The van der Waals surface area contributed by atoms with Gasteiger partial charge in [-0.2, -0.15) is 0 Å². The molecule has 2 fully saturated rings. The predicted molar refractivity (Wildman–Crippen MR) is 291 cm³/mol. The fraction of sp³-hybridized carbons (Fsp3) is 0.559. The van der Waals surface area contributed by atoms with Gasteiger partial charge in [0.05, 0.1) is 24.2 Å². The monoisotopic (exact) mass is 1040 g/mol. The normalized spacial score (nSPS) is 22.9. The highest BCUT2D eigenvalue weighted by Crippen LogP contribution is 2.35. The summed E-state index contributed by atoms with van der Waals surface area (Å²) in [6, 6.07) is 16.4. The Labute approximate surface area is 448 Å². The van der Waals surface area contributed by atoms with Crippen molar-refractivity contribution in [2.45, 2.75) is 168 Å². The Hall–Kier alpha value is -6.46. The van der Waals surface area contributed by atoms with Gasteiger partial charge in [-0.1, -0.05) is 102 Å². The molecule has 0 aromatic heterocycles.